The maximum Gasteiger partial charge on any atom is 0.417 e. The fourth-order valence-electron chi connectivity index (χ4n) is 4.09. The lowest BCUT2D eigenvalue weighted by atomic mass is 9.76. The molecule has 2 N–H and O–H groups in total. The Balaban J connectivity index is 1.77. The summed E-state index contributed by atoms with van der Waals surface area (Å²) in [6, 6.07) is 3.16. The number of rotatable bonds is 5. The normalized spacial score (nSPS) is 21.5. The van der Waals surface area contributed by atoms with Crippen molar-refractivity contribution in [2.24, 2.45) is 0 Å². The van der Waals surface area contributed by atoms with Crippen molar-refractivity contribution >= 4 is 17.5 Å². The minimum Gasteiger partial charge on any atom is -0.387 e. The average molecular weight is 516 g/mol. The fourth-order valence-corrected chi connectivity index (χ4v) is 4.33. The Kier molecular flexibility index (Phi) is 6.78. The zero-order chi connectivity index (χ0) is 25.4. The Morgan fingerprint density at radius 3 is 2.51 bits per heavy atom. The van der Waals surface area contributed by atoms with Crippen LogP contribution >= 0.6 is 11.6 Å². The molecule has 1 atom stereocenters. The third-order valence-corrected chi connectivity index (χ3v) is 6.33. The van der Waals surface area contributed by atoms with Crippen molar-refractivity contribution in [2.45, 2.75) is 49.7 Å². The van der Waals surface area contributed by atoms with Crippen molar-refractivity contribution in [1.29, 1.82) is 0 Å². The first kappa shape index (κ1) is 25.0. The van der Waals surface area contributed by atoms with E-state index >= 15 is 0 Å². The third-order valence-electron chi connectivity index (χ3n) is 5.93. The molecule has 1 fully saturated rings. The highest BCUT2D eigenvalue weighted by Crippen LogP contribution is 2.42. The van der Waals surface area contributed by atoms with Crippen molar-refractivity contribution in [1.82, 2.24) is 25.3 Å². The van der Waals surface area contributed by atoms with Crippen molar-refractivity contribution in [3.63, 3.8) is 0 Å². The van der Waals surface area contributed by atoms with Crippen molar-refractivity contribution in [3.8, 4) is 5.69 Å². The minimum atomic E-state index is -4.75. The number of pyridine rings is 1. The van der Waals surface area contributed by atoms with Crippen LogP contribution in [0.1, 0.15) is 53.3 Å². The predicted octanol–water partition coefficient (Wildman–Crippen LogP) is 4.59. The van der Waals surface area contributed by atoms with Gasteiger partial charge in [0.2, 0.25) is 0 Å². The van der Waals surface area contributed by atoms with Gasteiger partial charge < -0.3 is 10.4 Å². The second kappa shape index (κ2) is 9.50. The second-order valence-corrected chi connectivity index (χ2v) is 8.61. The number of halogens is 6. The van der Waals surface area contributed by atoms with E-state index < -0.39 is 47.0 Å². The summed E-state index contributed by atoms with van der Waals surface area (Å²) in [5.74, 6) is -1.80. The van der Waals surface area contributed by atoms with Gasteiger partial charge >= 0.3 is 6.18 Å². The van der Waals surface area contributed by atoms with E-state index in [0.29, 0.717) is 12.3 Å². The Hall–Kier alpha value is -3.12. The number of nitrogens with one attached hydrogen (secondary N) is 1. The number of carbonyl (C=O) groups is 1. The number of aliphatic hydroxyl groups is 1. The maximum absolute atomic E-state index is 14.2. The summed E-state index contributed by atoms with van der Waals surface area (Å²) in [4.78, 5) is 17.8. The molecule has 0 saturated heterocycles. The van der Waals surface area contributed by atoms with Crippen LogP contribution in [-0.2, 0) is 6.18 Å². The standard InChI is InChI=1S/C22H19ClF5N5O2/c23-17-14(2-1-3-15(17)25)19(21(35)6-4-13(24)5-7-21)32-20(34)18-16(33-30-8-9-31-33)10-12(11-29-18)22(26,27)28/h1-3,8-11,13,19,35H,4-7H2,(H,32,34)/t13-,19?,21-. The van der Waals surface area contributed by atoms with Crippen LogP contribution in [0.25, 0.3) is 5.69 Å². The van der Waals surface area contributed by atoms with Gasteiger partial charge in [0.05, 0.1) is 34.6 Å². The molecule has 1 aromatic carbocycles. The van der Waals surface area contributed by atoms with Gasteiger partial charge in [-0.2, -0.15) is 23.4 Å². The summed E-state index contributed by atoms with van der Waals surface area (Å²) < 4.78 is 67.9. The number of carbonyl (C=O) groups excluding carboxylic acids is 1. The van der Waals surface area contributed by atoms with Gasteiger partial charge in [-0.15, -0.1) is 4.80 Å². The number of aromatic nitrogens is 4. The van der Waals surface area contributed by atoms with E-state index in [1.165, 1.54) is 24.5 Å². The molecule has 4 rings (SSSR count). The van der Waals surface area contributed by atoms with Crippen LogP contribution in [-0.4, -0.2) is 42.8 Å². The first-order valence-corrected chi connectivity index (χ1v) is 10.9. The van der Waals surface area contributed by atoms with Crippen LogP contribution in [0, 0.1) is 5.82 Å². The van der Waals surface area contributed by atoms with E-state index in [9.17, 15) is 31.9 Å². The van der Waals surface area contributed by atoms with Gasteiger partial charge in [0.1, 0.15) is 17.7 Å². The van der Waals surface area contributed by atoms with Gasteiger partial charge in [0.25, 0.3) is 5.91 Å². The molecule has 1 aliphatic carbocycles. The van der Waals surface area contributed by atoms with Gasteiger partial charge in [-0.1, -0.05) is 23.7 Å². The molecule has 1 saturated carbocycles. The molecule has 1 aliphatic rings. The van der Waals surface area contributed by atoms with Crippen LogP contribution in [0.15, 0.2) is 42.9 Å². The molecule has 3 aromatic rings. The Bertz CT molecular complexity index is 1210. The third kappa shape index (κ3) is 5.13. The van der Waals surface area contributed by atoms with Gasteiger partial charge in [-0.05, 0) is 43.4 Å². The Labute approximate surface area is 200 Å². The van der Waals surface area contributed by atoms with Gasteiger partial charge in [-0.25, -0.2) is 13.8 Å². The summed E-state index contributed by atoms with van der Waals surface area (Å²) in [6.07, 6.45) is -3.15. The highest BCUT2D eigenvalue weighted by Gasteiger charge is 2.43. The fraction of sp³-hybridized carbons (Fsp3) is 0.364. The highest BCUT2D eigenvalue weighted by atomic mass is 35.5. The molecule has 35 heavy (non-hydrogen) atoms. The van der Waals surface area contributed by atoms with Crippen LogP contribution in [0.2, 0.25) is 5.02 Å². The number of nitrogens with zero attached hydrogens (tertiary/aromatic N) is 4. The molecule has 7 nitrogen and oxygen atoms in total. The first-order chi connectivity index (χ1) is 16.5. The van der Waals surface area contributed by atoms with Crippen LogP contribution in [0.5, 0.6) is 0 Å². The van der Waals surface area contributed by atoms with E-state index in [0.717, 1.165) is 10.9 Å². The average Bonchev–Trinajstić information content (AvgIpc) is 3.35. The molecule has 0 bridgehead atoms. The van der Waals surface area contributed by atoms with Crippen LogP contribution < -0.4 is 5.32 Å². The molecule has 13 heteroatoms. The highest BCUT2D eigenvalue weighted by molar-refractivity contribution is 6.31. The van der Waals surface area contributed by atoms with E-state index in [1.54, 1.807) is 0 Å². The van der Waals surface area contributed by atoms with Crippen molar-refractivity contribution in [2.75, 3.05) is 0 Å². The lowest BCUT2D eigenvalue weighted by molar-refractivity contribution is -0.137. The van der Waals surface area contributed by atoms with Crippen LogP contribution in [0.3, 0.4) is 0 Å². The summed E-state index contributed by atoms with van der Waals surface area (Å²) in [5.41, 5.74) is -3.65. The lowest BCUT2D eigenvalue weighted by Crippen LogP contribution is -2.49. The smallest absolute Gasteiger partial charge is 0.387 e. The monoisotopic (exact) mass is 515 g/mol. The molecule has 2 heterocycles. The zero-order valence-electron chi connectivity index (χ0n) is 17.9. The minimum absolute atomic E-state index is 0.00318. The largest absolute Gasteiger partial charge is 0.417 e. The molecular formula is C22H19ClF5N5O2. The van der Waals surface area contributed by atoms with Gasteiger partial charge in [0, 0.05) is 6.20 Å². The Morgan fingerprint density at radius 2 is 1.89 bits per heavy atom. The molecule has 0 radical (unpaired) electrons. The number of hydrogen-bond acceptors (Lipinski definition) is 5. The molecule has 186 valence electrons. The Morgan fingerprint density at radius 1 is 1.23 bits per heavy atom. The van der Waals surface area contributed by atoms with Crippen molar-refractivity contribution < 1.29 is 31.9 Å². The van der Waals surface area contributed by atoms with Gasteiger partial charge in [-0.3, -0.25) is 4.79 Å². The summed E-state index contributed by atoms with van der Waals surface area (Å²) in [5, 5.41) is 21.1. The first-order valence-electron chi connectivity index (χ1n) is 10.5. The number of alkyl halides is 4. The molecule has 2 aromatic heterocycles. The quantitative estimate of drug-likeness (QED) is 0.485. The number of hydrogen-bond donors (Lipinski definition) is 2. The maximum atomic E-state index is 14.2. The van der Waals surface area contributed by atoms with E-state index in [4.69, 9.17) is 11.6 Å². The molecule has 1 amide bonds. The number of benzene rings is 1. The van der Waals surface area contributed by atoms with Crippen LogP contribution in [0.4, 0.5) is 22.0 Å². The summed E-state index contributed by atoms with van der Waals surface area (Å²) >= 11 is 6.13. The zero-order valence-corrected chi connectivity index (χ0v) is 18.7. The van der Waals surface area contributed by atoms with E-state index in [2.05, 4.69) is 20.5 Å². The SMILES string of the molecule is O=C(NC(c1cccc(F)c1Cl)[C@]1(O)CC[C@H](F)CC1)c1ncc(C(F)(F)F)cc1-n1nccn1. The topological polar surface area (TPSA) is 92.9 Å². The molecule has 0 aliphatic heterocycles. The number of amides is 1. The van der Waals surface area contributed by atoms with Gasteiger partial charge in [0.15, 0.2) is 5.69 Å². The molecular weight excluding hydrogens is 497 g/mol. The molecule has 0 spiro atoms. The summed E-state index contributed by atoms with van der Waals surface area (Å²) in [7, 11) is 0. The molecule has 1 unspecified atom stereocenters. The second-order valence-electron chi connectivity index (χ2n) is 8.24. The predicted molar refractivity (Wildman–Crippen MR) is 114 cm³/mol. The van der Waals surface area contributed by atoms with E-state index in [1.807, 2.05) is 0 Å². The summed E-state index contributed by atoms with van der Waals surface area (Å²) in [6.45, 7) is 0. The van der Waals surface area contributed by atoms with E-state index in [-0.39, 0.29) is 42.0 Å². The lowest BCUT2D eigenvalue weighted by Gasteiger charge is -2.41. The van der Waals surface area contributed by atoms with Crippen molar-refractivity contribution in [3.05, 3.63) is 70.5 Å².